The molecule has 0 spiro atoms. The molecule has 0 saturated carbocycles. The lowest BCUT2D eigenvalue weighted by molar-refractivity contribution is 0.583. The summed E-state index contributed by atoms with van der Waals surface area (Å²) in [6, 6.07) is 11.1. The zero-order chi connectivity index (χ0) is 19.5. The van der Waals surface area contributed by atoms with Gasteiger partial charge in [-0.05, 0) is 62.7 Å². The van der Waals surface area contributed by atoms with Crippen molar-refractivity contribution in [2.24, 2.45) is 5.10 Å². The molecule has 2 aromatic carbocycles. The zero-order valence-corrected chi connectivity index (χ0v) is 16.6. The molecule has 0 saturated heterocycles. The maximum atomic E-state index is 12.5. The first-order valence-corrected chi connectivity index (χ1v) is 10.7. The van der Waals surface area contributed by atoms with Gasteiger partial charge in [0.05, 0.1) is 15.5 Å². The number of nitrogens with one attached hydrogen (secondary N) is 2. The summed E-state index contributed by atoms with van der Waals surface area (Å²) in [4.78, 5) is 2.52. The fourth-order valence-electron chi connectivity index (χ4n) is 2.23. The highest BCUT2D eigenvalue weighted by Crippen LogP contribution is 2.17. The topological polar surface area (TPSA) is 105 Å². The average Bonchev–Trinajstić information content (AvgIpc) is 2.61. The van der Waals surface area contributed by atoms with Crippen molar-refractivity contribution < 1.29 is 16.8 Å². The molecule has 2 rings (SSSR count). The standard InChI is InChI=1S/C17H21N3O4S2/c1-12-5-6-13(2)17(11-12)26(23,24)20-19-14(3)15-7-9-16(10-8-15)25(21,22)18-4/h5-11,18,20H,1-4H3/b19-14-. The van der Waals surface area contributed by atoms with Gasteiger partial charge in [-0.15, -0.1) is 0 Å². The van der Waals surface area contributed by atoms with Crippen LogP contribution < -0.4 is 9.55 Å². The highest BCUT2D eigenvalue weighted by molar-refractivity contribution is 7.89. The van der Waals surface area contributed by atoms with Crippen LogP contribution in [0.3, 0.4) is 0 Å². The number of sulfonamides is 2. The van der Waals surface area contributed by atoms with Gasteiger partial charge < -0.3 is 0 Å². The average molecular weight is 396 g/mol. The lowest BCUT2D eigenvalue weighted by atomic mass is 10.1. The quantitative estimate of drug-likeness (QED) is 0.576. The summed E-state index contributed by atoms with van der Waals surface area (Å²) in [5.74, 6) is 0. The zero-order valence-electron chi connectivity index (χ0n) is 14.9. The van der Waals surface area contributed by atoms with Gasteiger partial charge in [-0.2, -0.15) is 18.4 Å². The van der Waals surface area contributed by atoms with Crippen molar-refractivity contribution in [3.8, 4) is 0 Å². The van der Waals surface area contributed by atoms with Crippen LogP contribution in [0.1, 0.15) is 23.6 Å². The second-order valence-electron chi connectivity index (χ2n) is 5.79. The minimum absolute atomic E-state index is 0.118. The SMILES string of the molecule is CNS(=O)(=O)c1ccc(/C(C)=N\NS(=O)(=O)c2cc(C)ccc2C)cc1. The summed E-state index contributed by atoms with van der Waals surface area (Å²) in [6.07, 6.45) is 0. The smallest absolute Gasteiger partial charge is 0.214 e. The number of hydrogen-bond donors (Lipinski definition) is 2. The molecule has 0 aromatic heterocycles. The Kier molecular flexibility index (Phi) is 5.84. The van der Waals surface area contributed by atoms with Gasteiger partial charge in [-0.25, -0.2) is 13.1 Å². The highest BCUT2D eigenvalue weighted by atomic mass is 32.2. The van der Waals surface area contributed by atoms with Crippen LogP contribution in [0.15, 0.2) is 57.4 Å². The van der Waals surface area contributed by atoms with E-state index in [0.717, 1.165) is 5.56 Å². The predicted octanol–water partition coefficient (Wildman–Crippen LogP) is 1.91. The molecule has 0 unspecified atom stereocenters. The van der Waals surface area contributed by atoms with Crippen molar-refractivity contribution in [1.82, 2.24) is 9.55 Å². The van der Waals surface area contributed by atoms with Crippen molar-refractivity contribution in [2.75, 3.05) is 7.05 Å². The lowest BCUT2D eigenvalue weighted by Gasteiger charge is -2.09. The first kappa shape index (κ1) is 20.1. The van der Waals surface area contributed by atoms with Gasteiger partial charge in [0.25, 0.3) is 10.0 Å². The molecular weight excluding hydrogens is 374 g/mol. The summed E-state index contributed by atoms with van der Waals surface area (Å²) >= 11 is 0. The Labute approximate surface area is 154 Å². The third-order valence-electron chi connectivity index (χ3n) is 3.82. The maximum absolute atomic E-state index is 12.5. The van der Waals surface area contributed by atoms with Gasteiger partial charge in [-0.3, -0.25) is 0 Å². The molecule has 0 heterocycles. The summed E-state index contributed by atoms with van der Waals surface area (Å²) in [5.41, 5.74) is 2.46. The summed E-state index contributed by atoms with van der Waals surface area (Å²) in [7, 11) is -5.99. The van der Waals surface area contributed by atoms with E-state index < -0.39 is 20.0 Å². The van der Waals surface area contributed by atoms with Crippen LogP contribution in [0.25, 0.3) is 0 Å². The van der Waals surface area contributed by atoms with Crippen LogP contribution >= 0.6 is 0 Å². The van der Waals surface area contributed by atoms with Gasteiger partial charge in [0.2, 0.25) is 10.0 Å². The van der Waals surface area contributed by atoms with Crippen molar-refractivity contribution in [1.29, 1.82) is 0 Å². The second kappa shape index (κ2) is 7.56. The van der Waals surface area contributed by atoms with E-state index in [-0.39, 0.29) is 9.79 Å². The molecule has 0 fully saturated rings. The lowest BCUT2D eigenvalue weighted by Crippen LogP contribution is -2.21. The van der Waals surface area contributed by atoms with E-state index in [1.165, 1.54) is 19.2 Å². The largest absolute Gasteiger partial charge is 0.276 e. The van der Waals surface area contributed by atoms with Crippen molar-refractivity contribution in [2.45, 2.75) is 30.6 Å². The van der Waals surface area contributed by atoms with E-state index >= 15 is 0 Å². The third-order valence-corrected chi connectivity index (χ3v) is 6.60. The number of hydrazone groups is 1. The minimum atomic E-state index is -3.80. The van der Waals surface area contributed by atoms with Crippen LogP contribution in [-0.2, 0) is 20.0 Å². The molecule has 9 heteroatoms. The molecule has 7 nitrogen and oxygen atoms in total. The summed E-state index contributed by atoms with van der Waals surface area (Å²) in [5, 5.41) is 3.94. The third kappa shape index (κ3) is 4.48. The minimum Gasteiger partial charge on any atom is -0.214 e. The van der Waals surface area contributed by atoms with E-state index in [0.29, 0.717) is 16.8 Å². The monoisotopic (exact) mass is 395 g/mol. The Morgan fingerprint density at radius 1 is 0.923 bits per heavy atom. The van der Waals surface area contributed by atoms with Gasteiger partial charge in [-0.1, -0.05) is 24.3 Å². The van der Waals surface area contributed by atoms with E-state index in [4.69, 9.17) is 0 Å². The Morgan fingerprint density at radius 3 is 2.12 bits per heavy atom. The van der Waals surface area contributed by atoms with E-state index in [2.05, 4.69) is 14.7 Å². The van der Waals surface area contributed by atoms with Crippen LogP contribution in [-0.4, -0.2) is 29.6 Å². The summed E-state index contributed by atoms with van der Waals surface area (Å²) < 4.78 is 50.6. The first-order chi connectivity index (χ1) is 12.1. The van der Waals surface area contributed by atoms with Crippen molar-refractivity contribution in [3.63, 3.8) is 0 Å². The normalized spacial score (nSPS) is 12.8. The van der Waals surface area contributed by atoms with Crippen LogP contribution in [0.5, 0.6) is 0 Å². The number of aryl methyl sites for hydroxylation is 2. The van der Waals surface area contributed by atoms with E-state index in [9.17, 15) is 16.8 Å². The Hall–Kier alpha value is -2.23. The van der Waals surface area contributed by atoms with Gasteiger partial charge >= 0.3 is 0 Å². The van der Waals surface area contributed by atoms with Gasteiger partial charge in [0.15, 0.2) is 0 Å². The van der Waals surface area contributed by atoms with E-state index in [1.807, 2.05) is 13.0 Å². The Morgan fingerprint density at radius 2 is 1.54 bits per heavy atom. The predicted molar refractivity (Wildman–Crippen MR) is 101 cm³/mol. The van der Waals surface area contributed by atoms with Gasteiger partial charge in [0, 0.05) is 0 Å². The highest BCUT2D eigenvalue weighted by Gasteiger charge is 2.16. The molecule has 2 aromatic rings. The molecule has 140 valence electrons. The Balaban J connectivity index is 2.26. The molecule has 0 bridgehead atoms. The molecule has 0 amide bonds. The number of benzene rings is 2. The second-order valence-corrected chi connectivity index (χ2v) is 9.31. The number of nitrogens with zero attached hydrogens (tertiary/aromatic N) is 1. The first-order valence-electron chi connectivity index (χ1n) is 7.74. The molecule has 0 radical (unpaired) electrons. The summed E-state index contributed by atoms with van der Waals surface area (Å²) in [6.45, 7) is 5.16. The van der Waals surface area contributed by atoms with Crippen molar-refractivity contribution >= 4 is 25.8 Å². The molecule has 26 heavy (non-hydrogen) atoms. The molecule has 0 atom stereocenters. The molecule has 0 aliphatic rings. The van der Waals surface area contributed by atoms with Crippen LogP contribution in [0, 0.1) is 13.8 Å². The Bertz CT molecular complexity index is 1040. The van der Waals surface area contributed by atoms with Gasteiger partial charge in [0.1, 0.15) is 0 Å². The maximum Gasteiger partial charge on any atom is 0.276 e. The number of rotatable bonds is 6. The fourth-order valence-corrected chi connectivity index (χ4v) is 4.15. The van der Waals surface area contributed by atoms with Crippen LogP contribution in [0.4, 0.5) is 0 Å². The number of hydrogen-bond acceptors (Lipinski definition) is 5. The fraction of sp³-hybridized carbons (Fsp3) is 0.235. The molecule has 0 aliphatic heterocycles. The van der Waals surface area contributed by atoms with Crippen LogP contribution in [0.2, 0.25) is 0 Å². The molecule has 2 N–H and O–H groups in total. The van der Waals surface area contributed by atoms with Crippen molar-refractivity contribution in [3.05, 3.63) is 59.2 Å². The molecular formula is C17H21N3O4S2. The molecule has 0 aliphatic carbocycles. The van der Waals surface area contributed by atoms with E-state index in [1.54, 1.807) is 38.1 Å².